The third-order valence-electron chi connectivity index (χ3n) is 5.37. The number of carbonyl (C=O) groups excluding carboxylic acids is 1. The zero-order chi connectivity index (χ0) is 25.9. The summed E-state index contributed by atoms with van der Waals surface area (Å²) in [6.07, 6.45) is 2.19. The van der Waals surface area contributed by atoms with Gasteiger partial charge in [-0.25, -0.2) is 18.4 Å². The lowest BCUT2D eigenvalue weighted by Crippen LogP contribution is -2.23. The standard InChI is InChI=1S/C26H26N4O5S/c1-16-7-8-18(11-24(16)36(3,33)34)26(32)28-14-20-12-23-19(13-27-20)9-10-22(29-23)21-5-4-6-25(30-21)35-15-17(2)31/h4-13,17,31H,14-15H2,1-3H3,(H,28,32). The molecule has 186 valence electrons. The molecule has 1 amide bonds. The number of hydrogen-bond acceptors (Lipinski definition) is 8. The minimum atomic E-state index is -3.44. The van der Waals surface area contributed by atoms with Gasteiger partial charge in [-0.05, 0) is 55.8 Å². The van der Waals surface area contributed by atoms with Crippen LogP contribution in [0.4, 0.5) is 0 Å². The van der Waals surface area contributed by atoms with E-state index in [1.54, 1.807) is 50.4 Å². The van der Waals surface area contributed by atoms with Crippen LogP contribution in [0.3, 0.4) is 0 Å². The second-order valence-electron chi connectivity index (χ2n) is 8.52. The molecule has 1 aromatic carbocycles. The number of nitrogens with zero attached hydrogens (tertiary/aromatic N) is 3. The van der Waals surface area contributed by atoms with Crippen molar-refractivity contribution in [2.75, 3.05) is 12.9 Å². The van der Waals surface area contributed by atoms with Crippen LogP contribution in [0.2, 0.25) is 0 Å². The number of aryl methyl sites for hydroxylation is 1. The summed E-state index contributed by atoms with van der Waals surface area (Å²) < 4.78 is 29.4. The van der Waals surface area contributed by atoms with Gasteiger partial charge in [0, 0.05) is 29.5 Å². The average Bonchev–Trinajstić information content (AvgIpc) is 2.85. The molecular formula is C26H26N4O5S. The number of ether oxygens (including phenoxy) is 1. The lowest BCUT2D eigenvalue weighted by molar-refractivity contribution is 0.0950. The Morgan fingerprint density at radius 2 is 1.86 bits per heavy atom. The molecule has 0 radical (unpaired) electrons. The molecule has 1 atom stereocenters. The fourth-order valence-corrected chi connectivity index (χ4v) is 4.55. The van der Waals surface area contributed by atoms with Gasteiger partial charge in [0.1, 0.15) is 6.61 Å². The van der Waals surface area contributed by atoms with E-state index in [2.05, 4.69) is 20.3 Å². The Bertz CT molecular complexity index is 1540. The zero-order valence-corrected chi connectivity index (χ0v) is 20.9. The molecule has 1 unspecified atom stereocenters. The van der Waals surface area contributed by atoms with Gasteiger partial charge in [-0.2, -0.15) is 0 Å². The van der Waals surface area contributed by atoms with E-state index in [4.69, 9.17) is 4.74 Å². The van der Waals surface area contributed by atoms with Crippen LogP contribution >= 0.6 is 0 Å². The van der Waals surface area contributed by atoms with Crippen molar-refractivity contribution in [3.8, 4) is 17.3 Å². The van der Waals surface area contributed by atoms with Crippen molar-refractivity contribution in [2.45, 2.75) is 31.4 Å². The first-order chi connectivity index (χ1) is 17.1. The van der Waals surface area contributed by atoms with Gasteiger partial charge in [0.25, 0.3) is 5.91 Å². The van der Waals surface area contributed by atoms with Crippen molar-refractivity contribution in [2.24, 2.45) is 0 Å². The average molecular weight is 507 g/mol. The van der Waals surface area contributed by atoms with Crippen molar-refractivity contribution < 1.29 is 23.1 Å². The summed E-state index contributed by atoms with van der Waals surface area (Å²) >= 11 is 0. The van der Waals surface area contributed by atoms with E-state index in [9.17, 15) is 18.3 Å². The van der Waals surface area contributed by atoms with Gasteiger partial charge in [0.05, 0.1) is 40.1 Å². The smallest absolute Gasteiger partial charge is 0.251 e. The summed E-state index contributed by atoms with van der Waals surface area (Å²) in [6, 6.07) is 15.4. The molecule has 10 heteroatoms. The number of nitrogens with one attached hydrogen (secondary N) is 1. The van der Waals surface area contributed by atoms with E-state index in [0.29, 0.717) is 34.0 Å². The van der Waals surface area contributed by atoms with E-state index < -0.39 is 21.8 Å². The SMILES string of the molecule is Cc1ccc(C(=O)NCc2cc3nc(-c4cccc(OCC(C)O)n4)ccc3cn2)cc1S(C)(=O)=O. The van der Waals surface area contributed by atoms with Gasteiger partial charge in [-0.1, -0.05) is 12.1 Å². The number of benzene rings is 1. The monoisotopic (exact) mass is 506 g/mol. The molecule has 0 fully saturated rings. The Kier molecular flexibility index (Phi) is 7.27. The number of aromatic nitrogens is 3. The molecule has 36 heavy (non-hydrogen) atoms. The molecule has 0 aliphatic carbocycles. The van der Waals surface area contributed by atoms with E-state index in [1.165, 1.54) is 6.07 Å². The van der Waals surface area contributed by atoms with E-state index >= 15 is 0 Å². The number of pyridine rings is 3. The van der Waals surface area contributed by atoms with Crippen LogP contribution in [0.15, 0.2) is 65.7 Å². The quantitative estimate of drug-likeness (QED) is 0.373. The van der Waals surface area contributed by atoms with Gasteiger partial charge in [0.2, 0.25) is 5.88 Å². The number of hydrogen-bond donors (Lipinski definition) is 2. The first kappa shape index (κ1) is 25.2. The number of amides is 1. The maximum atomic E-state index is 12.7. The van der Waals surface area contributed by atoms with Crippen LogP contribution < -0.4 is 10.1 Å². The fraction of sp³-hybridized carbons (Fsp3) is 0.231. The molecule has 4 rings (SSSR count). The summed E-state index contributed by atoms with van der Waals surface area (Å²) in [5.74, 6) is -0.00900. The molecule has 0 aliphatic heterocycles. The van der Waals surface area contributed by atoms with Crippen molar-refractivity contribution >= 4 is 26.6 Å². The lowest BCUT2D eigenvalue weighted by atomic mass is 10.1. The second kappa shape index (κ2) is 10.4. The summed E-state index contributed by atoms with van der Waals surface area (Å²) in [5, 5.41) is 13.0. The van der Waals surface area contributed by atoms with Crippen molar-refractivity contribution in [1.82, 2.24) is 20.3 Å². The predicted molar refractivity (Wildman–Crippen MR) is 135 cm³/mol. The van der Waals surface area contributed by atoms with Crippen molar-refractivity contribution in [3.63, 3.8) is 0 Å². The number of carbonyl (C=O) groups is 1. The maximum absolute atomic E-state index is 12.7. The Morgan fingerprint density at radius 1 is 1.08 bits per heavy atom. The Hall–Kier alpha value is -3.89. The fourth-order valence-electron chi connectivity index (χ4n) is 3.55. The largest absolute Gasteiger partial charge is 0.475 e. The number of aliphatic hydroxyl groups excluding tert-OH is 1. The first-order valence-electron chi connectivity index (χ1n) is 11.2. The van der Waals surface area contributed by atoms with E-state index in [0.717, 1.165) is 11.6 Å². The van der Waals surface area contributed by atoms with E-state index in [1.807, 2.05) is 18.2 Å². The highest BCUT2D eigenvalue weighted by atomic mass is 32.2. The highest BCUT2D eigenvalue weighted by Crippen LogP contribution is 2.22. The number of sulfone groups is 1. The van der Waals surface area contributed by atoms with Crippen molar-refractivity contribution in [3.05, 3.63) is 77.6 Å². The van der Waals surface area contributed by atoms with Gasteiger partial charge in [-0.3, -0.25) is 9.78 Å². The van der Waals surface area contributed by atoms with Crippen molar-refractivity contribution in [1.29, 1.82) is 0 Å². The van der Waals surface area contributed by atoms with Crippen LogP contribution in [0.5, 0.6) is 5.88 Å². The molecule has 2 N–H and O–H groups in total. The Morgan fingerprint density at radius 3 is 2.61 bits per heavy atom. The molecule has 3 aromatic heterocycles. The summed E-state index contributed by atoms with van der Waals surface area (Å²) in [6.45, 7) is 3.60. The number of rotatable bonds is 8. The molecule has 4 aromatic rings. The third-order valence-corrected chi connectivity index (χ3v) is 6.61. The predicted octanol–water partition coefficient (Wildman–Crippen LogP) is 3.09. The summed E-state index contributed by atoms with van der Waals surface area (Å²) in [7, 11) is -3.44. The lowest BCUT2D eigenvalue weighted by Gasteiger charge is -2.10. The Balaban J connectivity index is 1.52. The van der Waals surface area contributed by atoms with Gasteiger partial charge >= 0.3 is 0 Å². The molecule has 0 spiro atoms. The highest BCUT2D eigenvalue weighted by molar-refractivity contribution is 7.90. The molecule has 3 heterocycles. The van der Waals surface area contributed by atoms with Crippen LogP contribution in [-0.4, -0.2) is 53.4 Å². The maximum Gasteiger partial charge on any atom is 0.251 e. The normalized spacial score (nSPS) is 12.3. The first-order valence-corrected chi connectivity index (χ1v) is 13.1. The molecule has 9 nitrogen and oxygen atoms in total. The minimum absolute atomic E-state index is 0.129. The van der Waals surface area contributed by atoms with Gasteiger partial charge < -0.3 is 15.2 Å². The van der Waals surface area contributed by atoms with Gasteiger partial charge in [-0.15, -0.1) is 0 Å². The van der Waals surface area contributed by atoms with E-state index in [-0.39, 0.29) is 23.6 Å². The summed E-state index contributed by atoms with van der Waals surface area (Å²) in [4.78, 5) is 26.3. The highest BCUT2D eigenvalue weighted by Gasteiger charge is 2.15. The molecule has 0 bridgehead atoms. The molecule has 0 aliphatic rings. The van der Waals surface area contributed by atoms with Crippen LogP contribution in [0.25, 0.3) is 22.3 Å². The molecule has 0 saturated heterocycles. The third kappa shape index (κ3) is 6.02. The second-order valence-corrected chi connectivity index (χ2v) is 10.5. The molecular weight excluding hydrogens is 480 g/mol. The Labute approximate surface area is 209 Å². The summed E-state index contributed by atoms with van der Waals surface area (Å²) in [5.41, 5.74) is 3.37. The molecule has 0 saturated carbocycles. The van der Waals surface area contributed by atoms with Crippen LogP contribution in [0, 0.1) is 6.92 Å². The zero-order valence-electron chi connectivity index (χ0n) is 20.1. The topological polar surface area (TPSA) is 131 Å². The van der Waals surface area contributed by atoms with Gasteiger partial charge in [0.15, 0.2) is 9.84 Å². The van der Waals surface area contributed by atoms with Crippen LogP contribution in [0.1, 0.15) is 28.5 Å². The van der Waals surface area contributed by atoms with Crippen LogP contribution in [-0.2, 0) is 16.4 Å². The minimum Gasteiger partial charge on any atom is -0.475 e. The number of fused-ring (bicyclic) bond motifs is 1. The number of aliphatic hydroxyl groups is 1.